The molecule has 4 aromatic carbocycles. The van der Waals surface area contributed by atoms with Crippen LogP contribution >= 0.6 is 0 Å². The predicted octanol–water partition coefficient (Wildman–Crippen LogP) is 4.96. The molecule has 0 aromatic heterocycles. The molecular formula is C33H25N3O3. The molecule has 6 heteroatoms. The van der Waals surface area contributed by atoms with Crippen molar-refractivity contribution in [3.8, 4) is 0 Å². The van der Waals surface area contributed by atoms with E-state index in [4.69, 9.17) is 0 Å². The molecule has 190 valence electrons. The average molecular weight is 512 g/mol. The summed E-state index contributed by atoms with van der Waals surface area (Å²) in [6, 6.07) is 32.3. The lowest BCUT2D eigenvalue weighted by molar-refractivity contribution is -0.122. The summed E-state index contributed by atoms with van der Waals surface area (Å²) < 4.78 is 0. The van der Waals surface area contributed by atoms with Crippen LogP contribution in [0.1, 0.15) is 44.1 Å². The Bertz CT molecular complexity index is 1630. The van der Waals surface area contributed by atoms with Gasteiger partial charge in [0.05, 0.1) is 22.9 Å². The number of hydrogen-bond acceptors (Lipinski definition) is 4. The van der Waals surface area contributed by atoms with Gasteiger partial charge in [-0.05, 0) is 53.4 Å². The number of carbonyl (C=O) groups is 3. The van der Waals surface area contributed by atoms with Crippen LogP contribution in [0.2, 0.25) is 0 Å². The fourth-order valence-corrected chi connectivity index (χ4v) is 6.84. The second-order valence-electron chi connectivity index (χ2n) is 10.4. The highest BCUT2D eigenvalue weighted by Gasteiger charge is 2.68. The van der Waals surface area contributed by atoms with Crippen molar-refractivity contribution in [3.05, 3.63) is 137 Å². The van der Waals surface area contributed by atoms with Gasteiger partial charge in [-0.1, -0.05) is 84.4 Å². The lowest BCUT2D eigenvalue weighted by atomic mass is 9.47. The van der Waals surface area contributed by atoms with Crippen molar-refractivity contribution in [1.29, 1.82) is 0 Å². The van der Waals surface area contributed by atoms with Crippen LogP contribution < -0.4 is 10.3 Å². The van der Waals surface area contributed by atoms with E-state index in [2.05, 4.69) is 10.5 Å². The molecular weight excluding hydrogens is 486 g/mol. The largest absolute Gasteiger partial charge is 0.274 e. The highest BCUT2D eigenvalue weighted by molar-refractivity contribution is 6.25. The van der Waals surface area contributed by atoms with E-state index in [1.54, 1.807) is 30.5 Å². The molecule has 1 N–H and O–H groups in total. The fourth-order valence-electron chi connectivity index (χ4n) is 6.84. The first-order valence-corrected chi connectivity index (χ1v) is 13.1. The Morgan fingerprint density at radius 2 is 1.38 bits per heavy atom. The van der Waals surface area contributed by atoms with Crippen molar-refractivity contribution >= 4 is 29.6 Å². The zero-order chi connectivity index (χ0) is 26.7. The maximum Gasteiger partial charge on any atom is 0.271 e. The topological polar surface area (TPSA) is 78.8 Å². The molecule has 3 amide bonds. The van der Waals surface area contributed by atoms with Crippen molar-refractivity contribution in [3.63, 3.8) is 0 Å². The van der Waals surface area contributed by atoms with Crippen molar-refractivity contribution in [2.45, 2.75) is 18.3 Å². The summed E-state index contributed by atoms with van der Waals surface area (Å²) in [5.41, 5.74) is 7.66. The third-order valence-electron chi connectivity index (χ3n) is 8.45. The van der Waals surface area contributed by atoms with Crippen molar-refractivity contribution in [2.24, 2.45) is 16.9 Å². The smallest absolute Gasteiger partial charge is 0.271 e. The van der Waals surface area contributed by atoms with Gasteiger partial charge in [-0.15, -0.1) is 0 Å². The van der Waals surface area contributed by atoms with Crippen molar-refractivity contribution in [1.82, 2.24) is 5.43 Å². The Balaban J connectivity index is 1.41. The van der Waals surface area contributed by atoms with Gasteiger partial charge in [0.1, 0.15) is 0 Å². The van der Waals surface area contributed by atoms with E-state index >= 15 is 0 Å². The summed E-state index contributed by atoms with van der Waals surface area (Å²) in [6.45, 7) is 1.97. The van der Waals surface area contributed by atoms with Crippen LogP contribution in [0.4, 0.5) is 5.69 Å². The number of aryl methyl sites for hydroxylation is 1. The third kappa shape index (κ3) is 3.21. The maximum atomic E-state index is 14.3. The van der Waals surface area contributed by atoms with Crippen LogP contribution in [0.25, 0.3) is 0 Å². The summed E-state index contributed by atoms with van der Waals surface area (Å²) in [6.07, 6.45) is 1.68. The average Bonchev–Trinajstić information content (AvgIpc) is 3.25. The number of imide groups is 1. The number of anilines is 1. The minimum absolute atomic E-state index is 0.200. The van der Waals surface area contributed by atoms with Crippen LogP contribution in [0.15, 0.2) is 108 Å². The van der Waals surface area contributed by atoms with Crippen LogP contribution in [0.3, 0.4) is 0 Å². The van der Waals surface area contributed by atoms with E-state index < -0.39 is 17.3 Å². The molecule has 2 bridgehead atoms. The van der Waals surface area contributed by atoms with E-state index in [1.165, 1.54) is 4.90 Å². The summed E-state index contributed by atoms with van der Waals surface area (Å²) >= 11 is 0. The van der Waals surface area contributed by atoms with E-state index in [0.717, 1.165) is 27.8 Å². The number of amides is 3. The van der Waals surface area contributed by atoms with Crippen LogP contribution in [0.5, 0.6) is 0 Å². The highest BCUT2D eigenvalue weighted by Crippen LogP contribution is 2.63. The van der Waals surface area contributed by atoms with Gasteiger partial charge in [0.25, 0.3) is 5.91 Å². The van der Waals surface area contributed by atoms with Gasteiger partial charge in [0.15, 0.2) is 0 Å². The third-order valence-corrected chi connectivity index (χ3v) is 8.45. The van der Waals surface area contributed by atoms with Crippen LogP contribution in [-0.2, 0) is 15.0 Å². The second kappa shape index (κ2) is 8.60. The molecule has 1 fully saturated rings. The van der Waals surface area contributed by atoms with Gasteiger partial charge < -0.3 is 0 Å². The number of carbonyl (C=O) groups excluding carboxylic acids is 3. The Hall–Kier alpha value is -4.84. The Morgan fingerprint density at radius 3 is 2.03 bits per heavy atom. The maximum absolute atomic E-state index is 14.3. The quantitative estimate of drug-likeness (QED) is 0.239. The molecule has 0 radical (unpaired) electrons. The SMILES string of the molecule is Cc1ccc(N2C(=O)[C@@H]3[C@@H](C2=O)C2c4ccccc4C3(/C=N\NC(=O)c3ccccc3)c3ccccc32)cc1. The van der Waals surface area contributed by atoms with Gasteiger partial charge in [0, 0.05) is 17.7 Å². The van der Waals surface area contributed by atoms with Crippen molar-refractivity contribution in [2.75, 3.05) is 4.90 Å². The molecule has 0 saturated carbocycles. The van der Waals surface area contributed by atoms with Gasteiger partial charge in [0.2, 0.25) is 11.8 Å². The molecule has 6 nitrogen and oxygen atoms in total. The molecule has 4 aliphatic rings. The second-order valence-corrected chi connectivity index (χ2v) is 10.4. The Labute approximate surface area is 226 Å². The van der Waals surface area contributed by atoms with E-state index in [1.807, 2.05) is 85.8 Å². The monoisotopic (exact) mass is 511 g/mol. The number of nitrogens with one attached hydrogen (secondary N) is 1. The predicted molar refractivity (Wildman–Crippen MR) is 149 cm³/mol. The Morgan fingerprint density at radius 1 is 0.795 bits per heavy atom. The summed E-state index contributed by atoms with van der Waals surface area (Å²) in [5.74, 6) is -2.32. The lowest BCUT2D eigenvalue weighted by Crippen LogP contribution is -2.54. The van der Waals surface area contributed by atoms with Gasteiger partial charge in [-0.25, -0.2) is 10.3 Å². The van der Waals surface area contributed by atoms with Gasteiger partial charge in [-0.3, -0.25) is 14.4 Å². The van der Waals surface area contributed by atoms with Gasteiger partial charge in [-0.2, -0.15) is 5.10 Å². The minimum Gasteiger partial charge on any atom is -0.274 e. The molecule has 8 rings (SSSR count). The Kier molecular flexibility index (Phi) is 5.13. The molecule has 39 heavy (non-hydrogen) atoms. The minimum atomic E-state index is -1.03. The first-order chi connectivity index (χ1) is 19.0. The first-order valence-electron chi connectivity index (χ1n) is 13.1. The molecule has 2 atom stereocenters. The van der Waals surface area contributed by atoms with E-state index in [9.17, 15) is 14.4 Å². The molecule has 1 heterocycles. The molecule has 3 aliphatic carbocycles. The summed E-state index contributed by atoms with van der Waals surface area (Å²) in [7, 11) is 0. The zero-order valence-electron chi connectivity index (χ0n) is 21.2. The standard InChI is InChI=1S/C33H25N3O3/c1-20-15-17-22(18-16-20)36-31(38)28-27-23-11-5-7-13-25(23)33(29(28)32(36)39,26-14-8-6-12-24(26)27)19-34-35-30(37)21-9-3-2-4-10-21/h2-19,27-29H,1H3,(H,35,37)/b34-19-/t27?,28-,29-,33?/m0/s1. The number of rotatable bonds is 4. The molecule has 0 spiro atoms. The highest BCUT2D eigenvalue weighted by atomic mass is 16.2. The van der Waals surface area contributed by atoms with Gasteiger partial charge >= 0.3 is 0 Å². The number of hydrazone groups is 1. The first kappa shape index (κ1) is 23.3. The lowest BCUT2D eigenvalue weighted by Gasteiger charge is -2.52. The molecule has 1 saturated heterocycles. The summed E-state index contributed by atoms with van der Waals surface area (Å²) in [5, 5.41) is 4.46. The van der Waals surface area contributed by atoms with Crippen molar-refractivity contribution < 1.29 is 14.4 Å². The van der Waals surface area contributed by atoms with Crippen LogP contribution in [0, 0.1) is 18.8 Å². The number of nitrogens with zero attached hydrogens (tertiary/aromatic N) is 2. The molecule has 0 unspecified atom stereocenters. The normalized spacial score (nSPS) is 24.4. The van der Waals surface area contributed by atoms with E-state index in [-0.39, 0.29) is 23.6 Å². The van der Waals surface area contributed by atoms with Crippen LogP contribution in [-0.4, -0.2) is 23.9 Å². The molecule has 1 aliphatic heterocycles. The zero-order valence-corrected chi connectivity index (χ0v) is 21.2. The number of benzene rings is 4. The van der Waals surface area contributed by atoms with E-state index in [0.29, 0.717) is 11.3 Å². The summed E-state index contributed by atoms with van der Waals surface area (Å²) in [4.78, 5) is 42.7. The number of hydrogen-bond donors (Lipinski definition) is 1. The molecule has 4 aromatic rings. The fraction of sp³-hybridized carbons (Fsp3) is 0.152.